The molecule has 6 N–H and O–H groups in total. The number of benzene rings is 4. The molecule has 41 heavy (non-hydrogen) atoms. The van der Waals surface area contributed by atoms with Crippen molar-refractivity contribution < 1.29 is 24.5 Å². The Morgan fingerprint density at radius 2 is 1.17 bits per heavy atom. The van der Waals surface area contributed by atoms with Gasteiger partial charge in [0.1, 0.15) is 23.0 Å². The van der Waals surface area contributed by atoms with E-state index in [4.69, 9.17) is 27.3 Å². The Morgan fingerprint density at radius 3 is 1.59 bits per heavy atom. The van der Waals surface area contributed by atoms with Crippen molar-refractivity contribution in [1.29, 1.82) is 0 Å². The minimum atomic E-state index is -0.0527. The first-order chi connectivity index (χ1) is 19.7. The summed E-state index contributed by atoms with van der Waals surface area (Å²) in [7, 11) is 0. The molecule has 0 unspecified atom stereocenters. The summed E-state index contributed by atoms with van der Waals surface area (Å²) in [6, 6.07) is 28.2. The number of ether oxygens (including phenoxy) is 1. The Labute approximate surface area is 240 Å². The topological polar surface area (TPSA) is 138 Å². The van der Waals surface area contributed by atoms with E-state index in [1.807, 2.05) is 36.4 Å². The quantitative estimate of drug-likeness (QED) is 0.190. The molecule has 0 bridgehead atoms. The van der Waals surface area contributed by atoms with Gasteiger partial charge in [0.15, 0.2) is 0 Å². The molecule has 0 fully saturated rings. The Bertz CT molecular complexity index is 1360. The zero-order valence-corrected chi connectivity index (χ0v) is 23.0. The highest BCUT2D eigenvalue weighted by atomic mass is 16.5. The molecular weight excluding hydrogens is 520 g/mol. The third kappa shape index (κ3) is 12.8. The van der Waals surface area contributed by atoms with Gasteiger partial charge in [-0.25, -0.2) is 4.85 Å². The van der Waals surface area contributed by atoms with Crippen LogP contribution in [-0.2, 0) is 29.2 Å². The van der Waals surface area contributed by atoms with E-state index >= 15 is 0 Å². The van der Waals surface area contributed by atoms with Gasteiger partial charge in [0.25, 0.3) is 0 Å². The van der Waals surface area contributed by atoms with Crippen LogP contribution in [0.5, 0.6) is 23.0 Å². The average molecular weight is 555 g/mol. The summed E-state index contributed by atoms with van der Waals surface area (Å²) < 4.78 is 5.65. The van der Waals surface area contributed by atoms with Gasteiger partial charge in [-0.2, -0.15) is 0 Å². The van der Waals surface area contributed by atoms with Crippen LogP contribution in [0.25, 0.3) is 4.85 Å². The number of amides is 2. The van der Waals surface area contributed by atoms with E-state index in [9.17, 15) is 9.59 Å². The molecule has 0 aliphatic carbocycles. The normalized spacial score (nSPS) is 9.51. The number of carbonyl (C=O) groups is 2. The van der Waals surface area contributed by atoms with Gasteiger partial charge < -0.3 is 31.3 Å². The number of para-hydroxylation sites is 2. The highest BCUT2D eigenvalue weighted by molar-refractivity contribution is 5.73. The molecule has 4 aromatic carbocycles. The Morgan fingerprint density at radius 1 is 0.732 bits per heavy atom. The number of nitrogens with one attached hydrogen (secondary N) is 2. The van der Waals surface area contributed by atoms with Crippen molar-refractivity contribution in [3.05, 3.63) is 125 Å². The van der Waals surface area contributed by atoms with Gasteiger partial charge in [0, 0.05) is 33.5 Å². The van der Waals surface area contributed by atoms with Crippen molar-refractivity contribution in [3.63, 3.8) is 0 Å². The lowest BCUT2D eigenvalue weighted by molar-refractivity contribution is -0.120. The first-order valence-corrected chi connectivity index (χ1v) is 12.7. The fraction of sp³-hybridized carbons (Fsp3) is 0.156. The number of phenolic OH excluding ortho intramolecular Hbond substituents is 2. The van der Waals surface area contributed by atoms with Gasteiger partial charge in [-0.05, 0) is 59.2 Å². The third-order valence-corrected chi connectivity index (χ3v) is 5.33. The number of rotatable bonds is 7. The molecular formula is C32H34N4O5. The van der Waals surface area contributed by atoms with Gasteiger partial charge >= 0.3 is 0 Å². The van der Waals surface area contributed by atoms with Crippen LogP contribution in [0, 0.1) is 6.57 Å². The smallest absolute Gasteiger partial charge is 0.228 e. The van der Waals surface area contributed by atoms with Crippen molar-refractivity contribution in [2.24, 2.45) is 5.73 Å². The van der Waals surface area contributed by atoms with Crippen LogP contribution in [0.15, 0.2) is 97.1 Å². The van der Waals surface area contributed by atoms with Crippen LogP contribution < -0.4 is 21.1 Å². The predicted octanol–water partition coefficient (Wildman–Crippen LogP) is 5.54. The summed E-state index contributed by atoms with van der Waals surface area (Å²) in [6.07, 6.45) is 0. The van der Waals surface area contributed by atoms with Crippen molar-refractivity contribution in [2.45, 2.75) is 33.5 Å². The largest absolute Gasteiger partial charge is 0.508 e. The van der Waals surface area contributed by atoms with E-state index in [-0.39, 0.29) is 23.3 Å². The molecule has 2 amide bonds. The molecule has 0 aliphatic heterocycles. The van der Waals surface area contributed by atoms with Crippen LogP contribution in [0.4, 0.5) is 5.69 Å². The lowest BCUT2D eigenvalue weighted by Crippen LogP contribution is -2.18. The number of nitrogens with two attached hydrogens (primary N) is 1. The van der Waals surface area contributed by atoms with Crippen LogP contribution >= 0.6 is 0 Å². The average Bonchev–Trinajstić information content (AvgIpc) is 2.98. The number of hydrogen-bond acceptors (Lipinski definition) is 6. The first kappa shape index (κ1) is 31.9. The third-order valence-electron chi connectivity index (χ3n) is 5.33. The highest BCUT2D eigenvalue weighted by Gasteiger charge is 2.03. The van der Waals surface area contributed by atoms with E-state index in [1.165, 1.54) is 13.8 Å². The van der Waals surface area contributed by atoms with E-state index in [0.29, 0.717) is 36.8 Å². The second kappa shape index (κ2) is 17.3. The second-order valence-electron chi connectivity index (χ2n) is 8.68. The van der Waals surface area contributed by atoms with Crippen LogP contribution in [0.3, 0.4) is 0 Å². The number of hydrogen-bond donors (Lipinski definition) is 5. The molecule has 0 heterocycles. The molecule has 0 radical (unpaired) electrons. The fourth-order valence-electron chi connectivity index (χ4n) is 3.14. The van der Waals surface area contributed by atoms with E-state index < -0.39 is 0 Å². The number of carbonyl (C=O) groups excluding carboxylic acids is 2. The van der Waals surface area contributed by atoms with Crippen LogP contribution in [0.2, 0.25) is 0 Å². The number of aromatic hydroxyl groups is 2. The van der Waals surface area contributed by atoms with Gasteiger partial charge in [-0.3, -0.25) is 9.59 Å². The van der Waals surface area contributed by atoms with Crippen molar-refractivity contribution in [1.82, 2.24) is 10.6 Å². The molecule has 0 aromatic heterocycles. The molecule has 4 aromatic rings. The number of nitrogens with zero attached hydrogens (tertiary/aromatic N) is 1. The summed E-state index contributed by atoms with van der Waals surface area (Å²) in [5.74, 6) is 1.65. The maximum Gasteiger partial charge on any atom is 0.228 e. The molecule has 0 atom stereocenters. The maximum absolute atomic E-state index is 10.5. The van der Waals surface area contributed by atoms with Gasteiger partial charge in [-0.15, -0.1) is 0 Å². The fourth-order valence-corrected chi connectivity index (χ4v) is 3.14. The summed E-state index contributed by atoms with van der Waals surface area (Å²) in [5, 5.41) is 23.2. The van der Waals surface area contributed by atoms with Crippen molar-refractivity contribution in [3.8, 4) is 23.0 Å². The van der Waals surface area contributed by atoms with E-state index in [0.717, 1.165) is 16.7 Å². The molecule has 0 saturated carbocycles. The Hall–Kier alpha value is -5.33. The monoisotopic (exact) mass is 554 g/mol. The lowest BCUT2D eigenvalue weighted by Gasteiger charge is -2.07. The van der Waals surface area contributed by atoms with Gasteiger partial charge in [-0.1, -0.05) is 54.6 Å². The van der Waals surface area contributed by atoms with Gasteiger partial charge in [0.2, 0.25) is 17.5 Å². The van der Waals surface area contributed by atoms with E-state index in [2.05, 4.69) is 15.5 Å². The molecule has 9 nitrogen and oxygen atoms in total. The molecule has 9 heteroatoms. The highest BCUT2D eigenvalue weighted by Crippen LogP contribution is 2.31. The Kier molecular flexibility index (Phi) is 13.5. The second-order valence-corrected chi connectivity index (χ2v) is 8.68. The summed E-state index contributed by atoms with van der Waals surface area (Å²) in [6.45, 7) is 11.5. The zero-order chi connectivity index (χ0) is 30.0. The summed E-state index contributed by atoms with van der Waals surface area (Å²) in [4.78, 5) is 24.5. The zero-order valence-electron chi connectivity index (χ0n) is 23.0. The van der Waals surface area contributed by atoms with Crippen LogP contribution in [0.1, 0.15) is 30.5 Å². The first-order valence-electron chi connectivity index (χ1n) is 12.7. The SMILES string of the molecule is CC(=O)NCc1ccc(O)cc1.CC(=O)NCc1ccc(O)cc1.[C-]#[N+]c1ccccc1Oc1ccc(CN)cc1. The molecule has 0 spiro atoms. The molecule has 4 rings (SSSR count). The summed E-state index contributed by atoms with van der Waals surface area (Å²) in [5.41, 5.74) is 9.03. The molecule has 212 valence electrons. The van der Waals surface area contributed by atoms with Crippen molar-refractivity contribution in [2.75, 3.05) is 0 Å². The standard InChI is InChI=1S/C14H12N2O.2C9H11NO2/c1-16-13-4-2-3-5-14(13)17-12-8-6-11(10-15)7-9-12;2*1-7(11)10-6-8-2-4-9(12)5-3-8/h2-9H,10,15H2;2*2-5,12H,6H2,1H3,(H,10,11). The number of phenols is 2. The van der Waals surface area contributed by atoms with Crippen molar-refractivity contribution >= 4 is 17.5 Å². The van der Waals surface area contributed by atoms with E-state index in [1.54, 1.807) is 60.7 Å². The minimum absolute atomic E-state index is 0.0527. The minimum Gasteiger partial charge on any atom is -0.508 e. The maximum atomic E-state index is 10.5. The van der Waals surface area contributed by atoms with Crippen LogP contribution in [-0.4, -0.2) is 22.0 Å². The predicted molar refractivity (Wildman–Crippen MR) is 158 cm³/mol. The Balaban J connectivity index is 0.000000221. The molecule has 0 aliphatic rings. The summed E-state index contributed by atoms with van der Waals surface area (Å²) >= 11 is 0. The lowest BCUT2D eigenvalue weighted by atomic mass is 10.2. The van der Waals surface area contributed by atoms with Gasteiger partial charge in [0.05, 0.1) is 6.57 Å². The molecule has 0 saturated heterocycles.